The molecule has 0 amide bonds. The van der Waals surface area contributed by atoms with Gasteiger partial charge in [0.15, 0.2) is 0 Å². The largest absolute Gasteiger partial charge is 0.486 e. The molecule has 0 fully saturated rings. The summed E-state index contributed by atoms with van der Waals surface area (Å²) in [6.45, 7) is 4.03. The van der Waals surface area contributed by atoms with E-state index in [9.17, 15) is 4.79 Å². The number of aldehydes is 1. The summed E-state index contributed by atoms with van der Waals surface area (Å²) in [5, 5.41) is 0. The van der Waals surface area contributed by atoms with Gasteiger partial charge in [-0.2, -0.15) is 0 Å². The highest BCUT2D eigenvalue weighted by Gasteiger charge is 2.08. The number of hydrogen-bond donors (Lipinski definition) is 0. The van der Waals surface area contributed by atoms with E-state index in [4.69, 9.17) is 4.74 Å². The number of carbonyl (C=O) groups is 1. The maximum absolute atomic E-state index is 10.6. The normalized spacial score (nSPS) is 11.9. The molecule has 0 bridgehead atoms. The molecule has 2 aromatic rings. The molecule has 18 heavy (non-hydrogen) atoms. The zero-order chi connectivity index (χ0) is 13.0. The van der Waals surface area contributed by atoms with Crippen LogP contribution in [0.3, 0.4) is 0 Å². The lowest BCUT2D eigenvalue weighted by Gasteiger charge is -2.16. The molecule has 2 rings (SSSR count). The number of hydrogen-bond acceptors (Lipinski definition) is 2. The van der Waals surface area contributed by atoms with Crippen molar-refractivity contribution in [1.29, 1.82) is 0 Å². The van der Waals surface area contributed by atoms with Crippen molar-refractivity contribution in [2.45, 2.75) is 20.0 Å². The van der Waals surface area contributed by atoms with E-state index in [0.717, 1.165) is 23.2 Å². The second-order valence-electron chi connectivity index (χ2n) is 4.31. The van der Waals surface area contributed by atoms with E-state index < -0.39 is 0 Å². The van der Waals surface area contributed by atoms with Gasteiger partial charge in [-0.05, 0) is 31.0 Å². The fraction of sp³-hybridized carbons (Fsp3) is 0.188. The van der Waals surface area contributed by atoms with Gasteiger partial charge in [0, 0.05) is 5.56 Å². The van der Waals surface area contributed by atoms with Crippen molar-refractivity contribution in [3.05, 3.63) is 65.2 Å². The Morgan fingerprint density at radius 2 is 1.72 bits per heavy atom. The van der Waals surface area contributed by atoms with Crippen molar-refractivity contribution < 1.29 is 9.53 Å². The van der Waals surface area contributed by atoms with Crippen LogP contribution in [0, 0.1) is 6.92 Å². The van der Waals surface area contributed by atoms with Gasteiger partial charge in [0.25, 0.3) is 0 Å². The smallest absolute Gasteiger partial charge is 0.150 e. The Kier molecular flexibility index (Phi) is 3.78. The first-order valence-corrected chi connectivity index (χ1v) is 5.98. The van der Waals surface area contributed by atoms with Crippen LogP contribution in [0.25, 0.3) is 0 Å². The summed E-state index contributed by atoms with van der Waals surface area (Å²) in [5.74, 6) is 0.893. The molecular formula is C16H16O2. The Bertz CT molecular complexity index is 529. The van der Waals surface area contributed by atoms with Crippen LogP contribution in [0.5, 0.6) is 5.75 Å². The molecule has 0 saturated carbocycles. The SMILES string of the molecule is Cc1ccccc1OC(C)c1ccc(C=O)cc1. The second kappa shape index (κ2) is 5.50. The quantitative estimate of drug-likeness (QED) is 0.756. The molecule has 1 unspecified atom stereocenters. The van der Waals surface area contributed by atoms with Crippen LogP contribution >= 0.6 is 0 Å². The first-order chi connectivity index (χ1) is 8.70. The minimum atomic E-state index is -0.0354. The van der Waals surface area contributed by atoms with Gasteiger partial charge in [-0.15, -0.1) is 0 Å². The summed E-state index contributed by atoms with van der Waals surface area (Å²) in [6.07, 6.45) is 0.809. The van der Waals surface area contributed by atoms with Crippen molar-refractivity contribution in [1.82, 2.24) is 0 Å². The van der Waals surface area contributed by atoms with E-state index in [-0.39, 0.29) is 6.10 Å². The van der Waals surface area contributed by atoms with Crippen molar-refractivity contribution in [3.63, 3.8) is 0 Å². The van der Waals surface area contributed by atoms with E-state index in [0.29, 0.717) is 5.56 Å². The third-order valence-electron chi connectivity index (χ3n) is 2.94. The van der Waals surface area contributed by atoms with E-state index >= 15 is 0 Å². The van der Waals surface area contributed by atoms with Gasteiger partial charge < -0.3 is 4.74 Å². The van der Waals surface area contributed by atoms with Crippen LogP contribution in [0.1, 0.15) is 34.5 Å². The Labute approximate surface area is 107 Å². The minimum Gasteiger partial charge on any atom is -0.486 e. The summed E-state index contributed by atoms with van der Waals surface area (Å²) in [5.41, 5.74) is 2.86. The Balaban J connectivity index is 2.14. The fourth-order valence-corrected chi connectivity index (χ4v) is 1.79. The maximum atomic E-state index is 10.6. The summed E-state index contributed by atoms with van der Waals surface area (Å²) >= 11 is 0. The molecule has 0 aliphatic heterocycles. The van der Waals surface area contributed by atoms with Crippen LogP contribution in [-0.4, -0.2) is 6.29 Å². The molecule has 0 radical (unpaired) electrons. The highest BCUT2D eigenvalue weighted by molar-refractivity contribution is 5.74. The third-order valence-corrected chi connectivity index (χ3v) is 2.94. The van der Waals surface area contributed by atoms with Gasteiger partial charge in [-0.1, -0.05) is 42.5 Å². The molecule has 2 aromatic carbocycles. The number of benzene rings is 2. The van der Waals surface area contributed by atoms with Crippen molar-refractivity contribution in [2.24, 2.45) is 0 Å². The Morgan fingerprint density at radius 1 is 1.06 bits per heavy atom. The molecule has 0 aliphatic carbocycles. The van der Waals surface area contributed by atoms with E-state index in [1.54, 1.807) is 12.1 Å². The van der Waals surface area contributed by atoms with E-state index in [1.165, 1.54) is 0 Å². The van der Waals surface area contributed by atoms with Crippen LogP contribution in [-0.2, 0) is 0 Å². The molecule has 0 saturated heterocycles. The van der Waals surface area contributed by atoms with Crippen molar-refractivity contribution >= 4 is 6.29 Å². The number of carbonyl (C=O) groups excluding carboxylic acids is 1. The lowest BCUT2D eigenvalue weighted by Crippen LogP contribution is -2.04. The zero-order valence-electron chi connectivity index (χ0n) is 10.6. The molecule has 0 aliphatic rings. The predicted octanol–water partition coefficient (Wildman–Crippen LogP) is 3.95. The summed E-state index contributed by atoms with van der Waals surface area (Å²) in [4.78, 5) is 10.6. The fourth-order valence-electron chi connectivity index (χ4n) is 1.79. The van der Waals surface area contributed by atoms with Gasteiger partial charge in [0.05, 0.1) is 0 Å². The molecule has 92 valence electrons. The third kappa shape index (κ3) is 2.77. The average molecular weight is 240 g/mol. The molecule has 2 nitrogen and oxygen atoms in total. The number of rotatable bonds is 4. The summed E-state index contributed by atoms with van der Waals surface area (Å²) < 4.78 is 5.92. The topological polar surface area (TPSA) is 26.3 Å². The first-order valence-electron chi connectivity index (χ1n) is 5.98. The molecule has 0 N–H and O–H groups in total. The van der Waals surface area contributed by atoms with Crippen LogP contribution < -0.4 is 4.74 Å². The van der Waals surface area contributed by atoms with Crippen molar-refractivity contribution in [3.8, 4) is 5.75 Å². The van der Waals surface area contributed by atoms with Crippen molar-refractivity contribution in [2.75, 3.05) is 0 Å². The first kappa shape index (κ1) is 12.4. The van der Waals surface area contributed by atoms with Gasteiger partial charge in [-0.25, -0.2) is 0 Å². The number of ether oxygens (including phenoxy) is 1. The molecular weight excluding hydrogens is 224 g/mol. The monoisotopic (exact) mass is 240 g/mol. The minimum absolute atomic E-state index is 0.0354. The van der Waals surface area contributed by atoms with E-state index in [1.807, 2.05) is 50.2 Å². The standard InChI is InChI=1S/C16H16O2/c1-12-5-3-4-6-16(12)18-13(2)15-9-7-14(11-17)8-10-15/h3-11,13H,1-2H3. The molecule has 1 atom stereocenters. The molecule has 0 aromatic heterocycles. The zero-order valence-corrected chi connectivity index (χ0v) is 10.6. The van der Waals surface area contributed by atoms with E-state index in [2.05, 4.69) is 0 Å². The van der Waals surface area contributed by atoms with Crippen LogP contribution in [0.2, 0.25) is 0 Å². The molecule has 2 heteroatoms. The second-order valence-corrected chi connectivity index (χ2v) is 4.31. The molecule has 0 heterocycles. The van der Waals surface area contributed by atoms with Gasteiger partial charge in [-0.3, -0.25) is 4.79 Å². The summed E-state index contributed by atoms with van der Waals surface area (Å²) in [7, 11) is 0. The predicted molar refractivity (Wildman–Crippen MR) is 72.1 cm³/mol. The van der Waals surface area contributed by atoms with Gasteiger partial charge in [0.2, 0.25) is 0 Å². The summed E-state index contributed by atoms with van der Waals surface area (Å²) in [6, 6.07) is 15.4. The number of para-hydroxylation sites is 1. The number of aryl methyl sites for hydroxylation is 1. The lowest BCUT2D eigenvalue weighted by atomic mass is 10.1. The Hall–Kier alpha value is -2.09. The maximum Gasteiger partial charge on any atom is 0.150 e. The Morgan fingerprint density at radius 3 is 2.33 bits per heavy atom. The lowest BCUT2D eigenvalue weighted by molar-refractivity contribution is 0.112. The highest BCUT2D eigenvalue weighted by Crippen LogP contribution is 2.24. The van der Waals surface area contributed by atoms with Crippen LogP contribution in [0.15, 0.2) is 48.5 Å². The highest BCUT2D eigenvalue weighted by atomic mass is 16.5. The van der Waals surface area contributed by atoms with Gasteiger partial charge >= 0.3 is 0 Å². The van der Waals surface area contributed by atoms with Crippen LogP contribution in [0.4, 0.5) is 0 Å². The van der Waals surface area contributed by atoms with Gasteiger partial charge in [0.1, 0.15) is 18.1 Å². The average Bonchev–Trinajstić information content (AvgIpc) is 2.41. The molecule has 0 spiro atoms.